The van der Waals surface area contributed by atoms with E-state index in [4.69, 9.17) is 11.5 Å². The van der Waals surface area contributed by atoms with Gasteiger partial charge in [-0.3, -0.25) is 0 Å². The van der Waals surface area contributed by atoms with E-state index in [9.17, 15) is 0 Å². The number of rotatable bonds is 2. The Balaban J connectivity index is 0.000000845. The van der Waals surface area contributed by atoms with Crippen LogP contribution in [-0.2, 0) is 0 Å². The van der Waals surface area contributed by atoms with Crippen molar-refractivity contribution in [1.29, 1.82) is 0 Å². The zero-order valence-corrected chi connectivity index (χ0v) is 9.48. The Morgan fingerprint density at radius 3 is 2.00 bits per heavy atom. The number of benzene rings is 1. The maximum Gasteiger partial charge on any atom is 0.0323 e. The van der Waals surface area contributed by atoms with Crippen molar-refractivity contribution in [2.75, 3.05) is 5.73 Å². The summed E-state index contributed by atoms with van der Waals surface area (Å²) in [6, 6.07) is 8.11. The van der Waals surface area contributed by atoms with Gasteiger partial charge in [-0.1, -0.05) is 12.1 Å². The third kappa shape index (κ3) is 3.05. The average molecular weight is 235 g/mol. The van der Waals surface area contributed by atoms with Crippen LogP contribution in [0.15, 0.2) is 24.3 Å². The van der Waals surface area contributed by atoms with Crippen molar-refractivity contribution in [3.05, 3.63) is 29.8 Å². The van der Waals surface area contributed by atoms with Crippen molar-refractivity contribution >= 4 is 30.5 Å². The van der Waals surface area contributed by atoms with Crippen LogP contribution < -0.4 is 11.5 Å². The lowest BCUT2D eigenvalue weighted by molar-refractivity contribution is 0.633. The highest BCUT2D eigenvalue weighted by Crippen LogP contribution is 2.39. The van der Waals surface area contributed by atoms with E-state index in [2.05, 4.69) is 0 Å². The number of anilines is 1. The van der Waals surface area contributed by atoms with E-state index in [1.54, 1.807) is 0 Å². The van der Waals surface area contributed by atoms with Crippen molar-refractivity contribution in [3.63, 3.8) is 0 Å². The Morgan fingerprint density at radius 2 is 1.57 bits per heavy atom. The molecule has 14 heavy (non-hydrogen) atoms. The summed E-state index contributed by atoms with van der Waals surface area (Å²) < 4.78 is 0. The quantitative estimate of drug-likeness (QED) is 0.774. The first-order chi connectivity index (χ1) is 5.77. The Bertz CT molecular complexity index is 270. The van der Waals surface area contributed by atoms with Crippen molar-refractivity contribution < 1.29 is 0 Å². The van der Waals surface area contributed by atoms with Crippen LogP contribution in [0.5, 0.6) is 0 Å². The summed E-state index contributed by atoms with van der Waals surface area (Å²) >= 11 is 0. The second-order valence-corrected chi connectivity index (χ2v) is 3.53. The van der Waals surface area contributed by atoms with Gasteiger partial charge in [0.15, 0.2) is 0 Å². The molecular weight excluding hydrogens is 219 g/mol. The Morgan fingerprint density at radius 1 is 1.07 bits per heavy atom. The Labute approximate surface area is 96.9 Å². The van der Waals surface area contributed by atoms with Crippen molar-refractivity contribution in [2.45, 2.75) is 18.9 Å². The predicted molar refractivity (Wildman–Crippen MR) is 65.0 cm³/mol. The van der Waals surface area contributed by atoms with Crippen LogP contribution in [0.1, 0.15) is 24.4 Å². The predicted octanol–water partition coefficient (Wildman–Crippen LogP) is 2.52. The molecule has 0 spiro atoms. The maximum atomic E-state index is 6.01. The molecule has 0 aliphatic heterocycles. The van der Waals surface area contributed by atoms with E-state index in [-0.39, 0.29) is 30.9 Å². The summed E-state index contributed by atoms with van der Waals surface area (Å²) in [6.45, 7) is 0. The van der Waals surface area contributed by atoms with Gasteiger partial charge in [-0.05, 0) is 36.5 Å². The molecule has 0 heterocycles. The molecule has 1 aromatic carbocycles. The number of hydrogen-bond donors (Lipinski definition) is 2. The minimum Gasteiger partial charge on any atom is -0.399 e. The molecule has 1 aliphatic rings. The minimum absolute atomic E-state index is 0. The van der Waals surface area contributed by atoms with Crippen LogP contribution in [-0.4, -0.2) is 0 Å². The highest BCUT2D eigenvalue weighted by atomic mass is 35.5. The maximum absolute atomic E-state index is 6.01. The molecule has 80 valence electrons. The van der Waals surface area contributed by atoms with Gasteiger partial charge in [0, 0.05) is 11.7 Å². The first-order valence-corrected chi connectivity index (χ1v) is 4.38. The fraction of sp³-hybridized carbons (Fsp3) is 0.400. The van der Waals surface area contributed by atoms with Crippen LogP contribution in [0.3, 0.4) is 0 Å². The van der Waals surface area contributed by atoms with Crippen molar-refractivity contribution in [2.24, 2.45) is 11.7 Å². The Hall–Kier alpha value is -0.440. The van der Waals surface area contributed by atoms with Crippen molar-refractivity contribution in [3.8, 4) is 0 Å². The first kappa shape index (κ1) is 13.6. The summed E-state index contributed by atoms with van der Waals surface area (Å²) in [5, 5.41) is 0. The monoisotopic (exact) mass is 234 g/mol. The normalized spacial score (nSPS) is 16.4. The zero-order chi connectivity index (χ0) is 8.55. The molecular formula is C10H16Cl2N2. The molecule has 1 saturated carbocycles. The molecule has 1 unspecified atom stereocenters. The molecule has 0 radical (unpaired) electrons. The summed E-state index contributed by atoms with van der Waals surface area (Å²) in [5.41, 5.74) is 13.6. The third-order valence-corrected chi connectivity index (χ3v) is 2.45. The number of hydrogen-bond acceptors (Lipinski definition) is 2. The molecule has 1 aromatic rings. The minimum atomic E-state index is 0. The second-order valence-electron chi connectivity index (χ2n) is 3.53. The molecule has 2 rings (SSSR count). The van der Waals surface area contributed by atoms with Gasteiger partial charge >= 0.3 is 0 Å². The SMILES string of the molecule is Cl.Cl.Nc1ccc(C(N)C2CC2)cc1. The summed E-state index contributed by atoms with van der Waals surface area (Å²) in [5.74, 6) is 0.716. The van der Waals surface area contributed by atoms with E-state index in [0.717, 1.165) is 5.69 Å². The van der Waals surface area contributed by atoms with Crippen LogP contribution in [0.4, 0.5) is 5.69 Å². The van der Waals surface area contributed by atoms with Gasteiger partial charge < -0.3 is 11.5 Å². The molecule has 2 nitrogen and oxygen atoms in total. The lowest BCUT2D eigenvalue weighted by Crippen LogP contribution is -2.11. The third-order valence-electron chi connectivity index (χ3n) is 2.45. The fourth-order valence-electron chi connectivity index (χ4n) is 1.45. The highest BCUT2D eigenvalue weighted by molar-refractivity contribution is 5.85. The smallest absolute Gasteiger partial charge is 0.0323 e. The summed E-state index contributed by atoms with van der Waals surface area (Å²) in [4.78, 5) is 0. The molecule has 1 aliphatic carbocycles. The molecule has 0 bridgehead atoms. The van der Waals surface area contributed by atoms with Gasteiger partial charge in [-0.15, -0.1) is 24.8 Å². The molecule has 0 saturated heterocycles. The van der Waals surface area contributed by atoms with Crippen molar-refractivity contribution in [1.82, 2.24) is 0 Å². The van der Waals surface area contributed by atoms with Crippen LogP contribution >= 0.6 is 24.8 Å². The van der Waals surface area contributed by atoms with Gasteiger partial charge in [0.2, 0.25) is 0 Å². The first-order valence-electron chi connectivity index (χ1n) is 4.38. The van der Waals surface area contributed by atoms with Crippen LogP contribution in [0, 0.1) is 5.92 Å². The number of nitrogen functional groups attached to an aromatic ring is 1. The van der Waals surface area contributed by atoms with Crippen LogP contribution in [0.25, 0.3) is 0 Å². The average Bonchev–Trinajstić information content (AvgIpc) is 2.87. The van der Waals surface area contributed by atoms with Crippen LogP contribution in [0.2, 0.25) is 0 Å². The highest BCUT2D eigenvalue weighted by Gasteiger charge is 2.29. The van der Waals surface area contributed by atoms with E-state index >= 15 is 0 Å². The largest absolute Gasteiger partial charge is 0.399 e. The lowest BCUT2D eigenvalue weighted by atomic mass is 10.0. The standard InChI is InChI=1S/C10H14N2.2ClH/c11-9-5-3-8(4-6-9)10(12)7-1-2-7;;/h3-7,10H,1-2,11-12H2;2*1H. The lowest BCUT2D eigenvalue weighted by Gasteiger charge is -2.09. The zero-order valence-electron chi connectivity index (χ0n) is 7.85. The molecule has 1 atom stereocenters. The Kier molecular flexibility index (Phi) is 5.27. The summed E-state index contributed by atoms with van der Waals surface area (Å²) in [6.07, 6.45) is 2.57. The molecule has 0 amide bonds. The summed E-state index contributed by atoms with van der Waals surface area (Å²) in [7, 11) is 0. The molecule has 4 N–H and O–H groups in total. The van der Waals surface area contributed by atoms with E-state index < -0.39 is 0 Å². The van der Waals surface area contributed by atoms with Gasteiger partial charge in [0.05, 0.1) is 0 Å². The van der Waals surface area contributed by atoms with Gasteiger partial charge in [0.1, 0.15) is 0 Å². The van der Waals surface area contributed by atoms with Gasteiger partial charge in [-0.2, -0.15) is 0 Å². The van der Waals surface area contributed by atoms with E-state index in [1.165, 1.54) is 18.4 Å². The fourth-order valence-corrected chi connectivity index (χ4v) is 1.45. The van der Waals surface area contributed by atoms with E-state index in [0.29, 0.717) is 5.92 Å². The van der Waals surface area contributed by atoms with Gasteiger partial charge in [-0.25, -0.2) is 0 Å². The number of halogens is 2. The molecule has 1 fully saturated rings. The van der Waals surface area contributed by atoms with Gasteiger partial charge in [0.25, 0.3) is 0 Å². The molecule has 4 heteroatoms. The number of nitrogens with two attached hydrogens (primary N) is 2. The van der Waals surface area contributed by atoms with E-state index in [1.807, 2.05) is 24.3 Å². The topological polar surface area (TPSA) is 52.0 Å². The second kappa shape index (κ2) is 5.44. The molecule has 0 aromatic heterocycles.